The maximum atomic E-state index is 3.73. The summed E-state index contributed by atoms with van der Waals surface area (Å²) in [5.41, 5.74) is 1.44. The molecule has 0 saturated carbocycles. The van der Waals surface area contributed by atoms with Gasteiger partial charge in [0, 0.05) is 25.2 Å². The predicted octanol–water partition coefficient (Wildman–Crippen LogP) is 3.46. The van der Waals surface area contributed by atoms with Crippen molar-refractivity contribution in [2.75, 3.05) is 19.6 Å². The van der Waals surface area contributed by atoms with Gasteiger partial charge >= 0.3 is 0 Å². The molecule has 0 aliphatic carbocycles. The molecule has 3 unspecified atom stereocenters. The first-order valence-electron chi connectivity index (χ1n) is 7.74. The summed E-state index contributed by atoms with van der Waals surface area (Å²) in [5.74, 6) is 0.753. The van der Waals surface area contributed by atoms with Crippen LogP contribution in [0.4, 0.5) is 0 Å². The van der Waals surface area contributed by atoms with E-state index in [0.717, 1.165) is 12.5 Å². The maximum absolute atomic E-state index is 3.73. The Morgan fingerprint density at radius 2 is 2.00 bits per heavy atom. The number of nitrogens with one attached hydrogen (secondary N) is 1. The molecule has 1 aliphatic heterocycles. The molecule has 1 N–H and O–H groups in total. The van der Waals surface area contributed by atoms with E-state index in [9.17, 15) is 0 Å². The van der Waals surface area contributed by atoms with Crippen molar-refractivity contribution in [1.82, 2.24) is 10.2 Å². The normalized spacial score (nSPS) is 24.7. The summed E-state index contributed by atoms with van der Waals surface area (Å²) in [5, 5.41) is 3.73. The van der Waals surface area contributed by atoms with Crippen LogP contribution >= 0.6 is 0 Å². The van der Waals surface area contributed by atoms with Gasteiger partial charge in [-0.2, -0.15) is 0 Å². The van der Waals surface area contributed by atoms with Gasteiger partial charge in [0.1, 0.15) is 0 Å². The Hall–Kier alpha value is -0.860. The highest BCUT2D eigenvalue weighted by Crippen LogP contribution is 2.23. The van der Waals surface area contributed by atoms with Gasteiger partial charge in [-0.3, -0.25) is 4.90 Å². The predicted molar refractivity (Wildman–Crippen MR) is 82.3 cm³/mol. The third-order valence-corrected chi connectivity index (χ3v) is 4.62. The summed E-state index contributed by atoms with van der Waals surface area (Å²) in [7, 11) is 0. The zero-order valence-electron chi connectivity index (χ0n) is 12.6. The van der Waals surface area contributed by atoms with Crippen molar-refractivity contribution in [2.24, 2.45) is 5.92 Å². The molecule has 1 aliphatic rings. The van der Waals surface area contributed by atoms with Gasteiger partial charge in [0.25, 0.3) is 0 Å². The summed E-state index contributed by atoms with van der Waals surface area (Å²) < 4.78 is 0. The number of hydrogen-bond donors (Lipinski definition) is 1. The van der Waals surface area contributed by atoms with Crippen molar-refractivity contribution < 1.29 is 0 Å². The van der Waals surface area contributed by atoms with Gasteiger partial charge in [-0.05, 0) is 31.4 Å². The summed E-state index contributed by atoms with van der Waals surface area (Å²) in [4.78, 5) is 2.64. The Morgan fingerprint density at radius 1 is 1.26 bits per heavy atom. The minimum Gasteiger partial charge on any atom is -0.312 e. The quantitative estimate of drug-likeness (QED) is 0.892. The molecule has 19 heavy (non-hydrogen) atoms. The third-order valence-electron chi connectivity index (χ3n) is 4.62. The van der Waals surface area contributed by atoms with E-state index < -0.39 is 0 Å². The molecule has 1 saturated heterocycles. The van der Waals surface area contributed by atoms with Crippen molar-refractivity contribution in [3.63, 3.8) is 0 Å². The van der Waals surface area contributed by atoms with Crippen LogP contribution in [-0.4, -0.2) is 30.6 Å². The van der Waals surface area contributed by atoms with Crippen molar-refractivity contribution in [3.05, 3.63) is 35.9 Å². The van der Waals surface area contributed by atoms with Crippen molar-refractivity contribution >= 4 is 0 Å². The van der Waals surface area contributed by atoms with Gasteiger partial charge in [-0.15, -0.1) is 0 Å². The molecular weight excluding hydrogens is 232 g/mol. The lowest BCUT2D eigenvalue weighted by Crippen LogP contribution is -2.42. The van der Waals surface area contributed by atoms with E-state index in [1.54, 1.807) is 0 Å². The second-order valence-electron chi connectivity index (χ2n) is 5.88. The van der Waals surface area contributed by atoms with Crippen LogP contribution < -0.4 is 5.32 Å². The number of hydrogen-bond acceptors (Lipinski definition) is 2. The molecule has 1 heterocycles. The highest BCUT2D eigenvalue weighted by Gasteiger charge is 2.25. The van der Waals surface area contributed by atoms with Crippen LogP contribution in [0.15, 0.2) is 30.3 Å². The van der Waals surface area contributed by atoms with Gasteiger partial charge in [0.05, 0.1) is 0 Å². The van der Waals surface area contributed by atoms with E-state index in [1.807, 2.05) is 0 Å². The molecule has 0 radical (unpaired) electrons. The highest BCUT2D eigenvalue weighted by molar-refractivity contribution is 5.18. The summed E-state index contributed by atoms with van der Waals surface area (Å²) in [6, 6.07) is 12.1. The lowest BCUT2D eigenvalue weighted by molar-refractivity contribution is 0.188. The Kier molecular flexibility index (Phi) is 5.41. The largest absolute Gasteiger partial charge is 0.312 e. The van der Waals surface area contributed by atoms with E-state index in [-0.39, 0.29) is 0 Å². The zero-order chi connectivity index (χ0) is 13.7. The van der Waals surface area contributed by atoms with Gasteiger partial charge in [-0.25, -0.2) is 0 Å². The molecule has 0 bridgehead atoms. The molecular formula is C17H28N2. The first kappa shape index (κ1) is 14.5. The average Bonchev–Trinajstić information content (AvgIpc) is 2.72. The zero-order valence-corrected chi connectivity index (χ0v) is 12.6. The third kappa shape index (κ3) is 3.80. The number of nitrogens with zero attached hydrogens (tertiary/aromatic N) is 1. The minimum atomic E-state index is 0.521. The molecule has 0 amide bonds. The van der Waals surface area contributed by atoms with Crippen LogP contribution in [0.3, 0.4) is 0 Å². The fourth-order valence-corrected chi connectivity index (χ4v) is 2.94. The Balaban J connectivity index is 2.05. The van der Waals surface area contributed by atoms with Crippen LogP contribution in [0.5, 0.6) is 0 Å². The first-order chi connectivity index (χ1) is 9.22. The van der Waals surface area contributed by atoms with E-state index in [1.165, 1.54) is 31.5 Å². The van der Waals surface area contributed by atoms with Crippen molar-refractivity contribution in [2.45, 2.75) is 45.7 Å². The summed E-state index contributed by atoms with van der Waals surface area (Å²) >= 11 is 0. The van der Waals surface area contributed by atoms with Crippen LogP contribution in [-0.2, 0) is 0 Å². The lowest BCUT2D eigenvalue weighted by Gasteiger charge is -2.32. The van der Waals surface area contributed by atoms with Crippen LogP contribution in [0.1, 0.15) is 45.2 Å². The van der Waals surface area contributed by atoms with Gasteiger partial charge in [-0.1, -0.05) is 50.6 Å². The molecule has 2 rings (SSSR count). The summed E-state index contributed by atoms with van der Waals surface area (Å²) in [6.07, 6.45) is 2.51. The molecule has 106 valence electrons. The Bertz CT molecular complexity index is 363. The van der Waals surface area contributed by atoms with Crippen LogP contribution in [0.25, 0.3) is 0 Å². The van der Waals surface area contributed by atoms with Crippen LogP contribution in [0.2, 0.25) is 0 Å². The Morgan fingerprint density at radius 3 is 2.68 bits per heavy atom. The standard InChI is InChI=1S/C17H28N2/c1-4-14(2)17-13-19(12-8-11-18-17)15(3)16-9-6-5-7-10-16/h5-7,9-10,14-15,17-18H,4,8,11-13H2,1-3H3. The monoisotopic (exact) mass is 260 g/mol. The lowest BCUT2D eigenvalue weighted by atomic mass is 9.98. The van der Waals surface area contributed by atoms with E-state index in [4.69, 9.17) is 0 Å². The second-order valence-corrected chi connectivity index (χ2v) is 5.88. The molecule has 0 spiro atoms. The fourth-order valence-electron chi connectivity index (χ4n) is 2.94. The van der Waals surface area contributed by atoms with E-state index in [2.05, 4.69) is 61.3 Å². The van der Waals surface area contributed by atoms with Gasteiger partial charge in [0.15, 0.2) is 0 Å². The summed E-state index contributed by atoms with van der Waals surface area (Å²) in [6.45, 7) is 10.5. The van der Waals surface area contributed by atoms with E-state index >= 15 is 0 Å². The van der Waals surface area contributed by atoms with Crippen LogP contribution in [0, 0.1) is 5.92 Å². The van der Waals surface area contributed by atoms with Gasteiger partial charge < -0.3 is 5.32 Å². The average molecular weight is 260 g/mol. The molecule has 3 atom stereocenters. The molecule has 1 aromatic rings. The SMILES string of the molecule is CCC(C)C1CN(C(C)c2ccccc2)CCCN1. The molecule has 0 aromatic heterocycles. The Labute approximate surface area is 118 Å². The molecule has 1 aromatic carbocycles. The fraction of sp³-hybridized carbons (Fsp3) is 0.647. The van der Waals surface area contributed by atoms with Crippen molar-refractivity contribution in [1.29, 1.82) is 0 Å². The van der Waals surface area contributed by atoms with E-state index in [0.29, 0.717) is 12.1 Å². The maximum Gasteiger partial charge on any atom is 0.0320 e. The molecule has 1 fully saturated rings. The van der Waals surface area contributed by atoms with Gasteiger partial charge in [0.2, 0.25) is 0 Å². The minimum absolute atomic E-state index is 0.521. The van der Waals surface area contributed by atoms with Crippen molar-refractivity contribution in [3.8, 4) is 0 Å². The highest BCUT2D eigenvalue weighted by atomic mass is 15.2. The second kappa shape index (κ2) is 7.06. The molecule has 2 heteroatoms. The number of benzene rings is 1. The first-order valence-corrected chi connectivity index (χ1v) is 7.74. The number of rotatable bonds is 4. The smallest absolute Gasteiger partial charge is 0.0320 e. The molecule has 2 nitrogen and oxygen atoms in total. The topological polar surface area (TPSA) is 15.3 Å².